The molecule has 19 N–H and O–H groups in total. The predicted octanol–water partition coefficient (Wildman–Crippen LogP) is -12.5. The number of rotatable bonds is 19. The number of nitrogens with one attached hydrogen (secondary N) is 4. The van der Waals surface area contributed by atoms with E-state index in [1.807, 2.05) is 0 Å². The first kappa shape index (κ1) is 64.0. The number of aliphatic hydroxyl groups is 15. The fraction of sp³-hybridized carbons (Fsp3) is 0.909. The molecule has 0 aromatic heterocycles. The Morgan fingerprint density at radius 1 is 0.359 bits per heavy atom. The molecule has 34 heteroatoms. The van der Waals surface area contributed by atoms with Gasteiger partial charge in [0.2, 0.25) is 23.6 Å². The number of aliphatic hydroxyl groups excluding tert-OH is 15. The molecule has 0 spiro atoms. The lowest BCUT2D eigenvalue weighted by Gasteiger charge is -2.51. The Kier molecular flexibility index (Phi) is 22.8. The lowest BCUT2D eigenvalue weighted by atomic mass is 9.94. The molecule has 4 amide bonds. The summed E-state index contributed by atoms with van der Waals surface area (Å²) in [6, 6.07) is -6.66. The zero-order chi connectivity index (χ0) is 57.8. The molecule has 450 valence electrons. The van der Waals surface area contributed by atoms with E-state index in [-0.39, 0.29) is 0 Å². The molecule has 0 radical (unpaired) electrons. The van der Waals surface area contributed by atoms with Gasteiger partial charge >= 0.3 is 0 Å². The summed E-state index contributed by atoms with van der Waals surface area (Å²) >= 11 is 0. The zero-order valence-electron chi connectivity index (χ0n) is 42.7. The molecule has 30 atom stereocenters. The number of amides is 4. The van der Waals surface area contributed by atoms with Crippen molar-refractivity contribution in [1.29, 1.82) is 0 Å². The van der Waals surface area contributed by atoms with Crippen LogP contribution in [0.25, 0.3) is 0 Å². The van der Waals surface area contributed by atoms with Crippen molar-refractivity contribution < 1.29 is 148 Å². The van der Waals surface area contributed by atoms with Crippen molar-refractivity contribution in [2.45, 2.75) is 219 Å². The second-order valence-electron chi connectivity index (χ2n) is 19.7. The second-order valence-corrected chi connectivity index (χ2v) is 19.7. The van der Waals surface area contributed by atoms with E-state index in [0.717, 1.165) is 27.7 Å². The molecule has 6 saturated heterocycles. The van der Waals surface area contributed by atoms with Gasteiger partial charge in [-0.25, -0.2) is 0 Å². The smallest absolute Gasteiger partial charge is 0.217 e. The number of hydrogen-bond acceptors (Lipinski definition) is 30. The van der Waals surface area contributed by atoms with Crippen molar-refractivity contribution >= 4 is 23.6 Å². The van der Waals surface area contributed by atoms with Crippen LogP contribution in [0.2, 0.25) is 0 Å². The van der Waals surface area contributed by atoms with Crippen LogP contribution in [0.15, 0.2) is 0 Å². The van der Waals surface area contributed by atoms with Gasteiger partial charge in [-0.2, -0.15) is 0 Å². The van der Waals surface area contributed by atoms with Crippen LogP contribution in [-0.4, -0.2) is 317 Å². The fourth-order valence-corrected chi connectivity index (χ4v) is 9.94. The van der Waals surface area contributed by atoms with Crippen LogP contribution in [0.3, 0.4) is 0 Å². The van der Waals surface area contributed by atoms with Crippen molar-refractivity contribution in [2.75, 3.05) is 33.0 Å². The quantitative estimate of drug-likeness (QED) is 0.0571. The van der Waals surface area contributed by atoms with Crippen molar-refractivity contribution in [3.63, 3.8) is 0 Å². The van der Waals surface area contributed by atoms with Crippen LogP contribution in [0.4, 0.5) is 0 Å². The largest absolute Gasteiger partial charge is 0.394 e. The zero-order valence-corrected chi connectivity index (χ0v) is 42.7. The van der Waals surface area contributed by atoms with Crippen molar-refractivity contribution in [3.8, 4) is 0 Å². The Bertz CT molecular complexity index is 1970. The van der Waals surface area contributed by atoms with Crippen LogP contribution < -0.4 is 21.3 Å². The minimum absolute atomic E-state index is 0.739. The van der Waals surface area contributed by atoms with Gasteiger partial charge in [-0.3, -0.25) is 19.2 Å². The third-order valence-corrected chi connectivity index (χ3v) is 14.0. The molecule has 0 saturated carbocycles. The standard InChI is InChI=1S/C44H74N4O30/c1-11-25(57)33(65)34(66)43(69-11)78-38-37(77-42-22(46-13(3)54)32(64)27(59)17(7-50)73-42)29(61)19(9-52)74-44(38)76-35-23(47-14(4)55)39(67)70-20(30(35)62)10-68-40-24(48-15(5)56)36(28(60)18(8-51)71-40)75-41-21(45-12(2)53)31(63)26(58)16(6-49)72-41/h11,16-44,49-52,57-67H,6-10H2,1-5H3,(H,45,53)(H,46,54)(H,47,55)(H,48,56)/t11-,16+,17+,18+,19+,20+,21+,22+,23+,24+,25+,26+,27-,28+,29-,30-,31+,32+,33+,34-,35+,36+,37-,38+,39?,40+,41-,42+,43-,44-/m0/s1. The van der Waals surface area contributed by atoms with Crippen LogP contribution in [0.5, 0.6) is 0 Å². The Morgan fingerprint density at radius 2 is 0.731 bits per heavy atom. The average Bonchev–Trinajstić information content (AvgIpc) is 3.38. The minimum atomic E-state index is -2.15. The lowest BCUT2D eigenvalue weighted by Crippen LogP contribution is -2.71. The average molecular weight is 1140 g/mol. The van der Waals surface area contributed by atoms with Crippen molar-refractivity contribution in [2.24, 2.45) is 0 Å². The topological polar surface area (TPSA) is 521 Å². The number of carbonyl (C=O) groups excluding carboxylic acids is 4. The van der Waals surface area contributed by atoms with Crippen LogP contribution >= 0.6 is 0 Å². The summed E-state index contributed by atoms with van der Waals surface area (Å²) in [6.45, 7) is 0.755. The highest BCUT2D eigenvalue weighted by Crippen LogP contribution is 2.37. The van der Waals surface area contributed by atoms with Gasteiger partial charge in [-0.1, -0.05) is 0 Å². The maximum absolute atomic E-state index is 12.7. The summed E-state index contributed by atoms with van der Waals surface area (Å²) in [5, 5.41) is 173. The molecule has 78 heavy (non-hydrogen) atoms. The van der Waals surface area contributed by atoms with Crippen molar-refractivity contribution in [1.82, 2.24) is 21.3 Å². The van der Waals surface area contributed by atoms with E-state index in [2.05, 4.69) is 21.3 Å². The summed E-state index contributed by atoms with van der Waals surface area (Å²) in [4.78, 5) is 49.9. The summed E-state index contributed by atoms with van der Waals surface area (Å²) in [5.74, 6) is -3.17. The predicted molar refractivity (Wildman–Crippen MR) is 244 cm³/mol. The first-order valence-electron chi connectivity index (χ1n) is 24.9. The maximum atomic E-state index is 12.7. The monoisotopic (exact) mass is 1140 g/mol. The van der Waals surface area contributed by atoms with Gasteiger partial charge in [0.25, 0.3) is 0 Å². The molecular weight excluding hydrogens is 1060 g/mol. The third kappa shape index (κ3) is 14.4. The summed E-state index contributed by atoms with van der Waals surface area (Å²) in [6.07, 6.45) is -48.3. The molecule has 0 aromatic carbocycles. The number of hydrogen-bond donors (Lipinski definition) is 19. The van der Waals surface area contributed by atoms with Gasteiger partial charge in [-0.15, -0.1) is 0 Å². The summed E-state index contributed by atoms with van der Waals surface area (Å²) in [7, 11) is 0. The molecule has 0 bridgehead atoms. The van der Waals surface area contributed by atoms with E-state index >= 15 is 0 Å². The molecule has 6 heterocycles. The molecule has 6 rings (SSSR count). The highest BCUT2D eigenvalue weighted by atomic mass is 16.8. The normalized spacial score (nSPS) is 47.1. The number of ether oxygens (including phenoxy) is 11. The first-order valence-corrected chi connectivity index (χ1v) is 24.9. The molecule has 6 aliphatic rings. The summed E-state index contributed by atoms with van der Waals surface area (Å²) < 4.78 is 65.2. The van der Waals surface area contributed by atoms with Gasteiger partial charge < -0.3 is 150 Å². The molecule has 0 aromatic rings. The third-order valence-electron chi connectivity index (χ3n) is 14.0. The van der Waals surface area contributed by atoms with Crippen LogP contribution in [0, 0.1) is 0 Å². The molecule has 6 fully saturated rings. The van der Waals surface area contributed by atoms with E-state index in [1.165, 1.54) is 6.92 Å². The highest BCUT2D eigenvalue weighted by molar-refractivity contribution is 5.74. The Morgan fingerprint density at radius 3 is 1.22 bits per heavy atom. The van der Waals surface area contributed by atoms with Crippen LogP contribution in [-0.2, 0) is 71.3 Å². The first-order chi connectivity index (χ1) is 36.8. The Balaban J connectivity index is 1.34. The minimum Gasteiger partial charge on any atom is -0.394 e. The SMILES string of the molecule is CC(=O)N[C@H]1[C@@H](O[C@H]2[C@@H](O)[C@@H](CO)O[C@@H](O[C@H]3[C@@H](O)[C@@H](CO[C@@H]4O[C@H](CO)[C@@H](O)[C@H](O[C@@H]5O[C@H](CO)[C@@H](O)[C@H](O)[C@H]5NC(C)=O)[C@H]4NC(C)=O)OC(O)[C@@H]3NC(C)=O)[C@@H]2O[C@@H]2O[C@@H](C)[C@@H](O)[C@@H](O)[C@@H]2O)O[C@H](CO)[C@H](O)[C@@H]1O. The van der Waals surface area contributed by atoms with E-state index in [1.54, 1.807) is 0 Å². The van der Waals surface area contributed by atoms with Gasteiger partial charge in [0.1, 0.15) is 140 Å². The lowest BCUT2D eigenvalue weighted by molar-refractivity contribution is -0.397. The fourth-order valence-electron chi connectivity index (χ4n) is 9.94. The molecule has 6 aliphatic heterocycles. The van der Waals surface area contributed by atoms with Gasteiger partial charge in [0.15, 0.2) is 37.7 Å². The van der Waals surface area contributed by atoms with E-state index in [9.17, 15) is 95.8 Å². The number of carbonyl (C=O) groups is 4. The molecular formula is C44H74N4O30. The van der Waals surface area contributed by atoms with Crippen LogP contribution in [0.1, 0.15) is 34.6 Å². The van der Waals surface area contributed by atoms with E-state index in [4.69, 9.17) is 52.1 Å². The van der Waals surface area contributed by atoms with Gasteiger partial charge in [-0.05, 0) is 6.92 Å². The van der Waals surface area contributed by atoms with E-state index in [0.29, 0.717) is 0 Å². The van der Waals surface area contributed by atoms with Crippen molar-refractivity contribution in [3.05, 3.63) is 0 Å². The van der Waals surface area contributed by atoms with E-state index < -0.39 is 241 Å². The van der Waals surface area contributed by atoms with Gasteiger partial charge in [0, 0.05) is 27.7 Å². The second kappa shape index (κ2) is 27.7. The van der Waals surface area contributed by atoms with Gasteiger partial charge in [0.05, 0.1) is 39.1 Å². The molecule has 34 nitrogen and oxygen atoms in total. The maximum Gasteiger partial charge on any atom is 0.217 e. The summed E-state index contributed by atoms with van der Waals surface area (Å²) in [5.41, 5.74) is 0. The Labute approximate surface area is 443 Å². The molecule has 1 unspecified atom stereocenters. The Hall–Kier alpha value is -3.16. The molecule has 0 aliphatic carbocycles. The highest BCUT2D eigenvalue weighted by Gasteiger charge is 2.58.